The predicted octanol–water partition coefficient (Wildman–Crippen LogP) is 3.00. The maximum atomic E-state index is 13.2. The first-order valence-corrected chi connectivity index (χ1v) is 10.5. The van der Waals surface area contributed by atoms with Crippen molar-refractivity contribution in [2.75, 3.05) is 48.5 Å². The van der Waals surface area contributed by atoms with Crippen molar-refractivity contribution >= 4 is 17.4 Å². The molecule has 1 amide bonds. The Morgan fingerprint density at radius 3 is 2.21 bits per heavy atom. The van der Waals surface area contributed by atoms with Gasteiger partial charge in [-0.25, -0.2) is 0 Å². The number of Topliss-reactive ketones (excluding diaryl/α,β-unsaturated/α-hetero) is 1. The molecule has 3 rings (SSSR count). The van der Waals surface area contributed by atoms with Gasteiger partial charge in [-0.3, -0.25) is 9.59 Å². The van der Waals surface area contributed by atoms with Gasteiger partial charge in [0.05, 0.1) is 32.9 Å². The monoisotopic (exact) mass is 454 g/mol. The number of likely N-dealkylation sites (tertiary alicyclic amines) is 1. The van der Waals surface area contributed by atoms with E-state index in [9.17, 15) is 14.7 Å². The number of aryl methyl sites for hydroxylation is 1. The van der Waals surface area contributed by atoms with E-state index < -0.39 is 17.7 Å². The summed E-state index contributed by atoms with van der Waals surface area (Å²) in [5.41, 5.74) is 1.78. The topological polar surface area (TPSA) is 88.5 Å². The molecule has 0 spiro atoms. The van der Waals surface area contributed by atoms with Gasteiger partial charge in [-0.2, -0.15) is 0 Å². The Labute approximate surface area is 194 Å². The molecule has 8 nitrogen and oxygen atoms in total. The normalized spacial score (nSPS) is 17.5. The van der Waals surface area contributed by atoms with Gasteiger partial charge in [0, 0.05) is 30.3 Å². The summed E-state index contributed by atoms with van der Waals surface area (Å²) in [5.74, 6) is 0.0321. The molecule has 1 atom stereocenters. The molecule has 1 unspecified atom stereocenters. The number of hydrogen-bond acceptors (Lipinski definition) is 7. The highest BCUT2D eigenvalue weighted by molar-refractivity contribution is 6.46. The quantitative estimate of drug-likeness (QED) is 0.373. The van der Waals surface area contributed by atoms with Crippen LogP contribution in [0.4, 0.5) is 0 Å². The van der Waals surface area contributed by atoms with E-state index in [1.165, 1.54) is 12.0 Å². The molecule has 1 aliphatic heterocycles. The molecule has 1 heterocycles. The largest absolute Gasteiger partial charge is 0.507 e. The van der Waals surface area contributed by atoms with Crippen LogP contribution in [0.3, 0.4) is 0 Å². The van der Waals surface area contributed by atoms with Crippen molar-refractivity contribution in [1.82, 2.24) is 9.80 Å². The highest BCUT2D eigenvalue weighted by Gasteiger charge is 2.47. The fourth-order valence-corrected chi connectivity index (χ4v) is 3.96. The molecular formula is C25H30N2O6. The van der Waals surface area contributed by atoms with Crippen molar-refractivity contribution in [3.8, 4) is 17.2 Å². The van der Waals surface area contributed by atoms with Crippen molar-refractivity contribution in [2.24, 2.45) is 0 Å². The number of benzene rings is 2. The average molecular weight is 455 g/mol. The molecule has 0 bridgehead atoms. The summed E-state index contributed by atoms with van der Waals surface area (Å²) >= 11 is 0. The smallest absolute Gasteiger partial charge is 0.295 e. The summed E-state index contributed by atoms with van der Waals surface area (Å²) in [4.78, 5) is 29.7. The molecule has 33 heavy (non-hydrogen) atoms. The Morgan fingerprint density at radius 2 is 1.64 bits per heavy atom. The van der Waals surface area contributed by atoms with Crippen molar-refractivity contribution in [3.63, 3.8) is 0 Å². The van der Waals surface area contributed by atoms with Crippen LogP contribution in [0, 0.1) is 6.92 Å². The minimum absolute atomic E-state index is 0.0236. The van der Waals surface area contributed by atoms with Crippen molar-refractivity contribution in [3.05, 3.63) is 58.7 Å². The second-order valence-corrected chi connectivity index (χ2v) is 8.08. The van der Waals surface area contributed by atoms with Gasteiger partial charge in [-0.15, -0.1) is 0 Å². The van der Waals surface area contributed by atoms with Crippen LogP contribution in [-0.4, -0.2) is 75.1 Å². The molecule has 0 aromatic heterocycles. The third-order valence-electron chi connectivity index (χ3n) is 5.75. The van der Waals surface area contributed by atoms with E-state index in [0.29, 0.717) is 47.0 Å². The summed E-state index contributed by atoms with van der Waals surface area (Å²) < 4.78 is 16.1. The van der Waals surface area contributed by atoms with Gasteiger partial charge in [-0.1, -0.05) is 0 Å². The zero-order chi connectivity index (χ0) is 24.3. The number of ketones is 1. The molecule has 0 aliphatic carbocycles. The number of likely N-dealkylation sites (N-methyl/N-ethyl adjacent to an activating group) is 1. The second-order valence-electron chi connectivity index (χ2n) is 8.08. The van der Waals surface area contributed by atoms with Gasteiger partial charge in [-0.05, 0) is 56.9 Å². The molecule has 176 valence electrons. The summed E-state index contributed by atoms with van der Waals surface area (Å²) in [6, 6.07) is 9.52. The van der Waals surface area contributed by atoms with Gasteiger partial charge >= 0.3 is 0 Å². The Morgan fingerprint density at radius 1 is 1.00 bits per heavy atom. The number of carbonyl (C=O) groups excluding carboxylic acids is 2. The van der Waals surface area contributed by atoms with E-state index >= 15 is 0 Å². The van der Waals surface area contributed by atoms with Crippen LogP contribution in [0.25, 0.3) is 5.76 Å². The van der Waals surface area contributed by atoms with Gasteiger partial charge < -0.3 is 29.1 Å². The summed E-state index contributed by atoms with van der Waals surface area (Å²) in [5, 5.41) is 11.3. The maximum absolute atomic E-state index is 13.2. The van der Waals surface area contributed by atoms with Gasteiger partial charge in [0.15, 0.2) is 0 Å². The van der Waals surface area contributed by atoms with Crippen molar-refractivity contribution in [2.45, 2.75) is 13.0 Å². The van der Waals surface area contributed by atoms with Crippen LogP contribution < -0.4 is 14.2 Å². The minimum Gasteiger partial charge on any atom is -0.507 e. The lowest BCUT2D eigenvalue weighted by Crippen LogP contribution is -2.35. The number of rotatable bonds is 8. The summed E-state index contributed by atoms with van der Waals surface area (Å²) in [6.07, 6.45) is 0. The molecular weight excluding hydrogens is 424 g/mol. The van der Waals surface area contributed by atoms with Crippen LogP contribution in [0.2, 0.25) is 0 Å². The summed E-state index contributed by atoms with van der Waals surface area (Å²) in [6.45, 7) is 2.65. The molecule has 1 aliphatic rings. The van der Waals surface area contributed by atoms with Gasteiger partial charge in [0.1, 0.15) is 23.0 Å². The van der Waals surface area contributed by atoms with Crippen LogP contribution in [0.1, 0.15) is 22.7 Å². The Hall–Kier alpha value is -3.52. The SMILES string of the molecule is COc1ccc(/C(O)=C2/C(=O)C(=O)N(CCN(C)C)C2c2ccc(OC)cc2OC)c(C)c1. The fraction of sp³-hybridized carbons (Fsp3) is 0.360. The first kappa shape index (κ1) is 24.1. The highest BCUT2D eigenvalue weighted by Crippen LogP contribution is 2.44. The number of aliphatic hydroxyl groups is 1. The van der Waals surface area contributed by atoms with Crippen LogP contribution in [0.15, 0.2) is 42.0 Å². The number of nitrogens with zero attached hydrogens (tertiary/aromatic N) is 2. The molecule has 2 aromatic carbocycles. The Bertz CT molecular complexity index is 1090. The first-order valence-electron chi connectivity index (χ1n) is 10.5. The standard InChI is InChI=1S/C25H30N2O6/c1-15-13-16(31-4)7-9-18(15)23(28)21-22(19-10-8-17(32-5)14-20(19)33-6)27(12-11-26(2)3)25(30)24(21)29/h7-10,13-14,22,28H,11-12H2,1-6H3/b23-21-. The average Bonchev–Trinajstić information content (AvgIpc) is 3.06. The third-order valence-corrected chi connectivity index (χ3v) is 5.75. The van der Waals surface area contributed by atoms with Gasteiger partial charge in [0.25, 0.3) is 11.7 Å². The second kappa shape index (κ2) is 9.95. The highest BCUT2D eigenvalue weighted by atomic mass is 16.5. The Kier molecular flexibility index (Phi) is 7.28. The number of aliphatic hydroxyl groups excluding tert-OH is 1. The first-order chi connectivity index (χ1) is 15.7. The maximum Gasteiger partial charge on any atom is 0.295 e. The van der Waals surface area contributed by atoms with Gasteiger partial charge in [0.2, 0.25) is 0 Å². The molecule has 2 aromatic rings. The molecule has 8 heteroatoms. The van der Waals surface area contributed by atoms with E-state index in [2.05, 4.69) is 0 Å². The Balaban J connectivity index is 2.23. The lowest BCUT2D eigenvalue weighted by Gasteiger charge is -2.28. The molecule has 1 fully saturated rings. The van der Waals surface area contributed by atoms with Crippen LogP contribution in [-0.2, 0) is 9.59 Å². The molecule has 1 saturated heterocycles. The lowest BCUT2D eigenvalue weighted by molar-refractivity contribution is -0.140. The zero-order valence-electron chi connectivity index (χ0n) is 19.8. The van der Waals surface area contributed by atoms with Crippen molar-refractivity contribution in [1.29, 1.82) is 0 Å². The minimum atomic E-state index is -0.813. The number of ether oxygens (including phenoxy) is 3. The zero-order valence-corrected chi connectivity index (χ0v) is 19.8. The van der Waals surface area contributed by atoms with Crippen molar-refractivity contribution < 1.29 is 28.9 Å². The van der Waals surface area contributed by atoms with E-state index in [-0.39, 0.29) is 11.3 Å². The van der Waals surface area contributed by atoms with E-state index in [1.807, 2.05) is 25.9 Å². The number of hydrogen-bond donors (Lipinski definition) is 1. The lowest BCUT2D eigenvalue weighted by atomic mass is 9.93. The summed E-state index contributed by atoms with van der Waals surface area (Å²) in [7, 11) is 8.39. The molecule has 1 N–H and O–H groups in total. The van der Waals surface area contributed by atoms with E-state index in [4.69, 9.17) is 14.2 Å². The number of carbonyl (C=O) groups is 2. The van der Waals surface area contributed by atoms with E-state index in [1.54, 1.807) is 50.6 Å². The number of amides is 1. The van der Waals surface area contributed by atoms with Crippen LogP contribution >= 0.6 is 0 Å². The van der Waals surface area contributed by atoms with E-state index in [0.717, 1.165) is 0 Å². The molecule has 0 saturated carbocycles. The molecule has 0 radical (unpaired) electrons. The fourth-order valence-electron chi connectivity index (χ4n) is 3.96. The van der Waals surface area contributed by atoms with Crippen LogP contribution in [0.5, 0.6) is 17.2 Å². The number of methoxy groups -OCH3 is 3. The predicted molar refractivity (Wildman–Crippen MR) is 125 cm³/mol. The third kappa shape index (κ3) is 4.66.